The molecule has 0 spiro atoms. The van der Waals surface area contributed by atoms with Crippen molar-refractivity contribution in [1.82, 2.24) is 0 Å². The van der Waals surface area contributed by atoms with E-state index in [1.807, 2.05) is 0 Å². The van der Waals surface area contributed by atoms with Crippen molar-refractivity contribution < 1.29 is 0 Å². The van der Waals surface area contributed by atoms with Gasteiger partial charge in [0.05, 0.1) is 14.3 Å². The van der Waals surface area contributed by atoms with Gasteiger partial charge in [0.25, 0.3) is 0 Å². The van der Waals surface area contributed by atoms with Gasteiger partial charge in [-0.05, 0) is 20.6 Å². The van der Waals surface area contributed by atoms with Crippen LogP contribution in [0, 0.1) is 0 Å². The van der Waals surface area contributed by atoms with Crippen LogP contribution in [0.4, 0.5) is 0 Å². The molecule has 4 heteroatoms. The van der Waals surface area contributed by atoms with Crippen molar-refractivity contribution in [2.45, 2.75) is 104 Å². The molecular formula is C18H40B2P2. The van der Waals surface area contributed by atoms with Crippen LogP contribution >= 0.6 is 15.8 Å². The molecule has 0 aliphatic carbocycles. The van der Waals surface area contributed by atoms with Gasteiger partial charge in [-0.1, -0.05) is 95.2 Å². The van der Waals surface area contributed by atoms with E-state index in [0.29, 0.717) is 20.6 Å². The van der Waals surface area contributed by atoms with Crippen LogP contribution in [-0.4, -0.2) is 47.1 Å². The summed E-state index contributed by atoms with van der Waals surface area (Å²) in [5.74, 6) is 0. The van der Waals surface area contributed by atoms with E-state index in [1.165, 1.54) is 12.1 Å². The third kappa shape index (κ3) is 8.20. The maximum atomic E-state index is 2.50. The number of hydrogen-bond donors (Lipinski definition) is 0. The van der Waals surface area contributed by atoms with E-state index in [4.69, 9.17) is 0 Å². The van der Waals surface area contributed by atoms with E-state index in [0.717, 1.165) is 0 Å². The van der Waals surface area contributed by atoms with E-state index in [1.54, 1.807) is 0 Å². The fraction of sp³-hybridized carbons (Fsp3) is 1.00. The predicted octanol–water partition coefficient (Wildman–Crippen LogP) is 6.38. The molecule has 0 nitrogen and oxygen atoms in total. The summed E-state index contributed by atoms with van der Waals surface area (Å²) in [6.07, 6.45) is 0. The Labute approximate surface area is 146 Å². The summed E-state index contributed by atoms with van der Waals surface area (Å²) in [7, 11) is 4.97. The minimum absolute atomic E-state index is 0.00943. The molecule has 0 N–H and O–H groups in total. The Balaban J connectivity index is 4.63. The van der Waals surface area contributed by atoms with Crippen molar-refractivity contribution in [1.29, 1.82) is 0 Å². The Hall–Kier alpha value is 0.990. The quantitative estimate of drug-likeness (QED) is 0.309. The highest BCUT2D eigenvalue weighted by Crippen LogP contribution is 2.60. The first-order valence-corrected chi connectivity index (χ1v) is 11.7. The van der Waals surface area contributed by atoms with Gasteiger partial charge in [-0.15, -0.1) is 15.8 Å². The molecule has 0 saturated carbocycles. The van der Waals surface area contributed by atoms with E-state index in [-0.39, 0.29) is 15.8 Å². The molecule has 0 unspecified atom stereocenters. The fourth-order valence-corrected chi connectivity index (χ4v) is 10.4. The highest BCUT2D eigenvalue weighted by molar-refractivity contribution is 7.65. The van der Waals surface area contributed by atoms with E-state index >= 15 is 0 Å². The van der Waals surface area contributed by atoms with Gasteiger partial charge in [0.1, 0.15) is 0 Å². The van der Waals surface area contributed by atoms with Gasteiger partial charge >= 0.3 is 0 Å². The van der Waals surface area contributed by atoms with Crippen LogP contribution < -0.4 is 0 Å². The van der Waals surface area contributed by atoms with Gasteiger partial charge in [0.2, 0.25) is 0 Å². The third-order valence-electron chi connectivity index (χ3n) is 3.98. The number of hydrogen-bond acceptors (Lipinski definition) is 0. The van der Waals surface area contributed by atoms with Crippen LogP contribution in [0.2, 0.25) is 0 Å². The second-order valence-corrected chi connectivity index (χ2v) is 18.2. The van der Waals surface area contributed by atoms with Gasteiger partial charge in [-0.3, -0.25) is 0 Å². The summed E-state index contributed by atoms with van der Waals surface area (Å²) < 4.78 is 0. The van der Waals surface area contributed by atoms with Gasteiger partial charge < -0.3 is 0 Å². The lowest BCUT2D eigenvalue weighted by molar-refractivity contribution is 0.708. The minimum Gasteiger partial charge on any atom is -0.104 e. The van der Waals surface area contributed by atoms with E-state index < -0.39 is 0 Å². The van der Waals surface area contributed by atoms with Gasteiger partial charge in [0.15, 0.2) is 0 Å². The first kappa shape index (κ1) is 23.0. The maximum Gasteiger partial charge on any atom is 0.0716 e. The Kier molecular flexibility index (Phi) is 8.27. The Bertz CT molecular complexity index is 265. The number of rotatable bonds is 5. The Morgan fingerprint density at radius 2 is 0.636 bits per heavy atom. The van der Waals surface area contributed by atoms with Crippen molar-refractivity contribution >= 4 is 30.2 Å². The Morgan fingerprint density at radius 1 is 0.455 bits per heavy atom. The van der Waals surface area contributed by atoms with Crippen LogP contribution in [-0.2, 0) is 0 Å². The average Bonchev–Trinajstić information content (AvgIpc) is 2.14. The lowest BCUT2D eigenvalue weighted by Crippen LogP contribution is -2.32. The summed E-state index contributed by atoms with van der Waals surface area (Å²) in [6.45, 7) is 28.9. The molecule has 0 atom stereocenters. The normalized spacial score (nSPS) is 14.6. The summed E-state index contributed by atoms with van der Waals surface area (Å²) in [6, 6.07) is 2.53. The smallest absolute Gasteiger partial charge is 0.0716 e. The van der Waals surface area contributed by atoms with Crippen LogP contribution in [0.5, 0.6) is 0 Å². The van der Waals surface area contributed by atoms with Crippen molar-refractivity contribution in [3.05, 3.63) is 0 Å². The molecule has 0 aliphatic rings. The molecule has 0 aromatic carbocycles. The van der Waals surface area contributed by atoms with Crippen LogP contribution in [0.1, 0.15) is 83.1 Å². The molecule has 0 bridgehead atoms. The SMILES string of the molecule is CC(C)(C)P(C[B][B]CP(C(C)(C)C)C(C)(C)C)C(C)(C)C. The molecule has 0 saturated heterocycles. The molecule has 0 aliphatic heterocycles. The maximum absolute atomic E-state index is 2.50. The molecule has 22 heavy (non-hydrogen) atoms. The highest BCUT2D eigenvalue weighted by atomic mass is 31.1. The van der Waals surface area contributed by atoms with Gasteiger partial charge in [-0.25, -0.2) is 0 Å². The van der Waals surface area contributed by atoms with Crippen molar-refractivity contribution in [2.24, 2.45) is 0 Å². The predicted molar refractivity (Wildman–Crippen MR) is 114 cm³/mol. The highest BCUT2D eigenvalue weighted by Gasteiger charge is 2.35. The summed E-state index contributed by atoms with van der Waals surface area (Å²) in [4.78, 5) is 0. The summed E-state index contributed by atoms with van der Waals surface area (Å²) >= 11 is 0. The van der Waals surface area contributed by atoms with Crippen molar-refractivity contribution in [2.75, 3.05) is 12.1 Å². The lowest BCUT2D eigenvalue weighted by atomic mass is 9.42. The first-order valence-electron chi connectivity index (χ1n) is 8.68. The topological polar surface area (TPSA) is 0 Å². The monoisotopic (exact) mass is 340 g/mol. The molecule has 0 amide bonds. The lowest BCUT2D eigenvalue weighted by Gasteiger charge is -2.43. The zero-order valence-corrected chi connectivity index (χ0v) is 19.3. The molecule has 0 aromatic heterocycles. The molecular weight excluding hydrogens is 300 g/mol. The zero-order valence-electron chi connectivity index (χ0n) is 17.5. The van der Waals surface area contributed by atoms with E-state index in [2.05, 4.69) is 97.4 Å². The second kappa shape index (κ2) is 7.91. The second-order valence-electron chi connectivity index (χ2n) is 10.4. The van der Waals surface area contributed by atoms with Crippen molar-refractivity contribution in [3.63, 3.8) is 0 Å². The summed E-state index contributed by atoms with van der Waals surface area (Å²) in [5, 5.41) is 1.71. The van der Waals surface area contributed by atoms with Crippen molar-refractivity contribution in [3.8, 4) is 0 Å². The van der Waals surface area contributed by atoms with Crippen LogP contribution in [0.25, 0.3) is 0 Å². The molecule has 0 rings (SSSR count). The molecule has 0 fully saturated rings. The first-order chi connectivity index (χ1) is 9.47. The zero-order chi connectivity index (χ0) is 18.0. The molecule has 128 valence electrons. The largest absolute Gasteiger partial charge is 0.104 e. The van der Waals surface area contributed by atoms with E-state index in [9.17, 15) is 0 Å². The molecule has 2 radical (unpaired) electrons. The fourth-order valence-electron chi connectivity index (χ4n) is 3.47. The van der Waals surface area contributed by atoms with Crippen LogP contribution in [0.15, 0.2) is 0 Å². The third-order valence-corrected chi connectivity index (χ3v) is 11.6. The minimum atomic E-state index is -0.00943. The average molecular weight is 340 g/mol. The van der Waals surface area contributed by atoms with Gasteiger partial charge in [0, 0.05) is 0 Å². The molecule has 0 heterocycles. The molecule has 0 aromatic rings. The Morgan fingerprint density at radius 3 is 0.773 bits per heavy atom. The standard InChI is InChI=1S/C18H40B2P2/c1-15(2,3)21(16(4,5)6)13-19-20-14-22(17(7,8)9)18(10,11)12/h13-14H2,1-12H3. The van der Waals surface area contributed by atoms with Gasteiger partial charge in [-0.2, -0.15) is 0 Å². The summed E-state index contributed by atoms with van der Waals surface area (Å²) in [5.41, 5.74) is 0. The van der Waals surface area contributed by atoms with Crippen LogP contribution in [0.3, 0.4) is 0 Å².